The number of rotatable bonds is 4. The van der Waals surface area contributed by atoms with Crippen LogP contribution < -0.4 is 0 Å². The highest BCUT2D eigenvalue weighted by molar-refractivity contribution is 7.86. The van der Waals surface area contributed by atoms with Crippen LogP contribution in [0.2, 0.25) is 10.0 Å². The second-order valence-corrected chi connectivity index (χ2v) is 6.39. The van der Waals surface area contributed by atoms with Crippen LogP contribution in [0.5, 0.6) is 0 Å². The van der Waals surface area contributed by atoms with Gasteiger partial charge in [0.25, 0.3) is 6.10 Å². The molecule has 0 aliphatic carbocycles. The topological polar surface area (TPSA) is 80.7 Å². The molecule has 5 nitrogen and oxygen atoms in total. The minimum absolute atomic E-state index is 0.213. The average molecular weight is 403 g/mol. The van der Waals surface area contributed by atoms with Crippen LogP contribution in [0.15, 0.2) is 18.2 Å². The van der Waals surface area contributed by atoms with Crippen molar-refractivity contribution in [3.05, 3.63) is 33.8 Å². The van der Waals surface area contributed by atoms with E-state index in [4.69, 9.17) is 27.8 Å². The maximum atomic E-state index is 13.2. The largest absolute Gasteiger partial charge is 0.441 e. The summed E-state index contributed by atoms with van der Waals surface area (Å²) in [5.74, 6) is -1.97. The van der Waals surface area contributed by atoms with Crippen molar-refractivity contribution in [2.45, 2.75) is 17.5 Å². The van der Waals surface area contributed by atoms with Gasteiger partial charge in [-0.2, -0.15) is 30.4 Å². The standard InChI is InChI=1S/C10H5Cl2F5O5S/c11-5-1-4(2-6(12)3-5)7(18)22-8(9(13,14)15)10(16,17)23(19,20)21/h1-3,8H,(H,19,20,21). The fraction of sp³-hybridized carbons (Fsp3) is 0.300. The molecule has 1 atom stereocenters. The third kappa shape index (κ3) is 4.66. The van der Waals surface area contributed by atoms with Crippen LogP contribution in [-0.2, 0) is 14.9 Å². The Kier molecular flexibility index (Phi) is 5.51. The first-order valence-corrected chi connectivity index (χ1v) is 7.44. The van der Waals surface area contributed by atoms with Gasteiger partial charge in [0.05, 0.1) is 5.56 Å². The molecule has 0 fully saturated rings. The van der Waals surface area contributed by atoms with Crippen molar-refractivity contribution in [1.82, 2.24) is 0 Å². The summed E-state index contributed by atoms with van der Waals surface area (Å²) < 4.78 is 96.9. The van der Waals surface area contributed by atoms with Crippen LogP contribution in [0.4, 0.5) is 22.0 Å². The average Bonchev–Trinajstić information content (AvgIpc) is 2.31. The summed E-state index contributed by atoms with van der Waals surface area (Å²) in [6.45, 7) is 0. The molecule has 0 amide bonds. The van der Waals surface area contributed by atoms with Gasteiger partial charge in [-0.1, -0.05) is 23.2 Å². The predicted molar refractivity (Wildman–Crippen MR) is 68.2 cm³/mol. The van der Waals surface area contributed by atoms with Crippen molar-refractivity contribution in [1.29, 1.82) is 0 Å². The fourth-order valence-corrected chi connectivity index (χ4v) is 2.29. The number of hydrogen-bond acceptors (Lipinski definition) is 4. The zero-order valence-electron chi connectivity index (χ0n) is 10.4. The van der Waals surface area contributed by atoms with Crippen LogP contribution in [0.25, 0.3) is 0 Å². The molecule has 0 spiro atoms. The fourth-order valence-electron chi connectivity index (χ4n) is 1.31. The quantitative estimate of drug-likeness (QED) is 0.473. The zero-order chi connectivity index (χ0) is 18.2. The molecule has 0 aliphatic rings. The number of esters is 1. The molecule has 1 N–H and O–H groups in total. The normalized spacial score (nSPS) is 14.4. The lowest BCUT2D eigenvalue weighted by Crippen LogP contribution is -2.52. The molecule has 1 aromatic carbocycles. The molecule has 1 rings (SSSR count). The van der Waals surface area contributed by atoms with E-state index in [-0.39, 0.29) is 10.0 Å². The summed E-state index contributed by atoms with van der Waals surface area (Å²) in [6, 6.07) is 2.61. The molecule has 0 aliphatic heterocycles. The summed E-state index contributed by atoms with van der Waals surface area (Å²) >= 11 is 11.0. The number of hydrogen-bond donors (Lipinski definition) is 1. The van der Waals surface area contributed by atoms with E-state index in [1.54, 1.807) is 0 Å². The first kappa shape index (κ1) is 19.9. The SMILES string of the molecule is O=C(OC(C(F)(F)F)C(F)(F)S(=O)(=O)O)c1cc(Cl)cc(Cl)c1. The van der Waals surface area contributed by atoms with E-state index in [1.807, 2.05) is 0 Å². The van der Waals surface area contributed by atoms with Crippen molar-refractivity contribution < 1.29 is 44.5 Å². The lowest BCUT2D eigenvalue weighted by molar-refractivity contribution is -0.248. The summed E-state index contributed by atoms with van der Waals surface area (Å²) in [5.41, 5.74) is -0.733. The van der Waals surface area contributed by atoms with E-state index < -0.39 is 39.2 Å². The molecular weight excluding hydrogens is 398 g/mol. The van der Waals surface area contributed by atoms with Crippen molar-refractivity contribution in [3.63, 3.8) is 0 Å². The smallest absolute Gasteiger partial charge is 0.432 e. The van der Waals surface area contributed by atoms with E-state index >= 15 is 0 Å². The highest BCUT2D eigenvalue weighted by atomic mass is 35.5. The Bertz CT molecular complexity index is 699. The summed E-state index contributed by atoms with van der Waals surface area (Å²) in [7, 11) is -6.51. The van der Waals surface area contributed by atoms with Gasteiger partial charge in [-0.25, -0.2) is 4.79 Å². The Labute approximate surface area is 135 Å². The van der Waals surface area contributed by atoms with Gasteiger partial charge < -0.3 is 4.74 Å². The molecule has 1 unspecified atom stereocenters. The molecule has 0 saturated carbocycles. The molecule has 0 heterocycles. The van der Waals surface area contributed by atoms with Gasteiger partial charge in [0.15, 0.2) is 0 Å². The van der Waals surface area contributed by atoms with Crippen molar-refractivity contribution >= 4 is 39.3 Å². The molecule has 13 heteroatoms. The number of halogens is 7. The summed E-state index contributed by atoms with van der Waals surface area (Å²) in [5, 5.41) is -6.24. The molecule has 0 saturated heterocycles. The lowest BCUT2D eigenvalue weighted by Gasteiger charge is -2.26. The monoisotopic (exact) mass is 402 g/mol. The van der Waals surface area contributed by atoms with Gasteiger partial charge in [-0.05, 0) is 18.2 Å². The first-order chi connectivity index (χ1) is 10.2. The van der Waals surface area contributed by atoms with E-state index in [9.17, 15) is 35.2 Å². The van der Waals surface area contributed by atoms with Crippen LogP contribution in [0.1, 0.15) is 10.4 Å². The molecule has 0 radical (unpaired) electrons. The number of carbonyl (C=O) groups excluding carboxylic acids is 1. The minimum Gasteiger partial charge on any atom is -0.441 e. The van der Waals surface area contributed by atoms with Gasteiger partial charge in [0.2, 0.25) is 0 Å². The molecule has 130 valence electrons. The maximum Gasteiger partial charge on any atom is 0.432 e. The predicted octanol–water partition coefficient (Wildman–Crippen LogP) is 3.56. The van der Waals surface area contributed by atoms with Crippen LogP contribution >= 0.6 is 23.2 Å². The van der Waals surface area contributed by atoms with E-state index in [0.717, 1.165) is 18.2 Å². The van der Waals surface area contributed by atoms with Crippen molar-refractivity contribution in [3.8, 4) is 0 Å². The molecule has 0 bridgehead atoms. The Morgan fingerprint density at radius 3 is 1.87 bits per heavy atom. The first-order valence-electron chi connectivity index (χ1n) is 5.25. The van der Waals surface area contributed by atoms with Gasteiger partial charge in [0, 0.05) is 10.0 Å². The molecular formula is C10H5Cl2F5O5S. The highest BCUT2D eigenvalue weighted by Crippen LogP contribution is 2.38. The van der Waals surface area contributed by atoms with Gasteiger partial charge >= 0.3 is 27.5 Å². The van der Waals surface area contributed by atoms with Gasteiger partial charge in [0.1, 0.15) is 0 Å². The minimum atomic E-state index is -6.51. The van der Waals surface area contributed by atoms with Gasteiger partial charge in [-0.3, -0.25) is 4.55 Å². The molecule has 23 heavy (non-hydrogen) atoms. The summed E-state index contributed by atoms with van der Waals surface area (Å²) in [6.07, 6.45) is -10.4. The summed E-state index contributed by atoms with van der Waals surface area (Å²) in [4.78, 5) is 11.5. The van der Waals surface area contributed by atoms with Gasteiger partial charge in [-0.15, -0.1) is 0 Å². The molecule has 1 aromatic rings. The van der Waals surface area contributed by atoms with E-state index in [0.29, 0.717) is 0 Å². The Morgan fingerprint density at radius 1 is 1.09 bits per heavy atom. The second-order valence-electron chi connectivity index (χ2n) is 4.02. The maximum absolute atomic E-state index is 13.2. The van der Waals surface area contributed by atoms with Crippen LogP contribution in [-0.4, -0.2) is 36.5 Å². The third-order valence-corrected chi connectivity index (χ3v) is 3.61. The molecule has 0 aromatic heterocycles. The van der Waals surface area contributed by atoms with Crippen LogP contribution in [0, 0.1) is 0 Å². The Hall–Kier alpha value is -1.17. The Morgan fingerprint density at radius 2 is 1.52 bits per heavy atom. The van der Waals surface area contributed by atoms with E-state index in [2.05, 4.69) is 4.74 Å². The van der Waals surface area contributed by atoms with Crippen molar-refractivity contribution in [2.24, 2.45) is 0 Å². The Balaban J connectivity index is 3.25. The number of alkyl halides is 5. The zero-order valence-corrected chi connectivity index (χ0v) is 12.8. The number of benzene rings is 1. The second kappa shape index (κ2) is 6.38. The number of ether oxygens (including phenoxy) is 1. The van der Waals surface area contributed by atoms with Crippen molar-refractivity contribution in [2.75, 3.05) is 0 Å². The van der Waals surface area contributed by atoms with Crippen LogP contribution in [0.3, 0.4) is 0 Å². The highest BCUT2D eigenvalue weighted by Gasteiger charge is 2.66. The van der Waals surface area contributed by atoms with E-state index in [1.165, 1.54) is 0 Å². The third-order valence-electron chi connectivity index (χ3n) is 2.27. The lowest BCUT2D eigenvalue weighted by atomic mass is 10.2. The number of carbonyl (C=O) groups is 1.